The summed E-state index contributed by atoms with van der Waals surface area (Å²) in [5, 5.41) is 0. The van der Waals surface area contributed by atoms with Gasteiger partial charge in [0.05, 0.1) is 30.2 Å². The second-order valence-electron chi connectivity index (χ2n) is 9.41. The molecule has 1 saturated heterocycles. The predicted molar refractivity (Wildman–Crippen MR) is 129 cm³/mol. The molecule has 3 aliphatic heterocycles. The van der Waals surface area contributed by atoms with Crippen molar-refractivity contribution in [2.24, 2.45) is 0 Å². The first kappa shape index (κ1) is 24.0. The topological polar surface area (TPSA) is 102 Å². The third-order valence-corrected chi connectivity index (χ3v) is 7.21. The summed E-state index contributed by atoms with van der Waals surface area (Å²) < 4.78 is 16.6. The number of carbonyl (C=O) groups excluding carboxylic acids is 4. The molecule has 188 valence electrons. The van der Waals surface area contributed by atoms with Gasteiger partial charge in [-0.15, -0.1) is 0 Å². The number of imide groups is 1. The lowest BCUT2D eigenvalue weighted by molar-refractivity contribution is -0.00583. The third-order valence-electron chi connectivity index (χ3n) is 7.21. The van der Waals surface area contributed by atoms with E-state index >= 15 is 0 Å². The second kappa shape index (κ2) is 9.39. The van der Waals surface area contributed by atoms with Gasteiger partial charge in [-0.1, -0.05) is 0 Å². The van der Waals surface area contributed by atoms with Gasteiger partial charge in [-0.25, -0.2) is 0 Å². The van der Waals surface area contributed by atoms with E-state index < -0.39 is 5.60 Å². The standard InChI is InChI=1S/C27H28N2O7/c1-34-13-3-10-29-25(32)19-6-4-17(14-21(19)26(29)33)24(31)28-11-8-27(9-12-28)16-22(30)20-7-5-18(35-2)15-23(20)36-27/h4-7,14-15H,3,8-13,16H2,1-2H3. The molecule has 0 aromatic heterocycles. The highest BCUT2D eigenvalue weighted by Gasteiger charge is 2.44. The Morgan fingerprint density at radius 3 is 2.42 bits per heavy atom. The number of hydrogen-bond donors (Lipinski definition) is 0. The van der Waals surface area contributed by atoms with Crippen LogP contribution in [0.15, 0.2) is 36.4 Å². The molecule has 3 heterocycles. The molecule has 9 heteroatoms. The summed E-state index contributed by atoms with van der Waals surface area (Å²) in [6.45, 7) is 1.55. The van der Waals surface area contributed by atoms with Crippen molar-refractivity contribution < 1.29 is 33.4 Å². The van der Waals surface area contributed by atoms with E-state index in [0.717, 1.165) is 0 Å². The summed E-state index contributed by atoms with van der Waals surface area (Å²) in [5.41, 5.74) is 0.822. The first-order valence-corrected chi connectivity index (χ1v) is 12.0. The minimum absolute atomic E-state index is 0.0236. The molecule has 1 fully saturated rings. The number of rotatable bonds is 6. The Hall–Kier alpha value is -3.72. The van der Waals surface area contributed by atoms with Crippen molar-refractivity contribution in [3.8, 4) is 11.5 Å². The molecule has 2 aromatic rings. The lowest BCUT2D eigenvalue weighted by atomic mass is 9.82. The molecule has 3 aliphatic rings. The number of methoxy groups -OCH3 is 2. The summed E-state index contributed by atoms with van der Waals surface area (Å²) in [7, 11) is 3.13. The van der Waals surface area contributed by atoms with Crippen LogP contribution in [0, 0.1) is 0 Å². The van der Waals surface area contributed by atoms with Gasteiger partial charge >= 0.3 is 0 Å². The number of ketones is 1. The maximum atomic E-state index is 13.3. The molecule has 0 aliphatic carbocycles. The second-order valence-corrected chi connectivity index (χ2v) is 9.41. The van der Waals surface area contributed by atoms with Crippen molar-refractivity contribution in [1.82, 2.24) is 9.80 Å². The van der Waals surface area contributed by atoms with Crippen LogP contribution in [0.2, 0.25) is 0 Å². The molecule has 0 N–H and O–H groups in total. The molecule has 2 aromatic carbocycles. The first-order chi connectivity index (χ1) is 17.4. The normalized spacial score (nSPS) is 18.2. The van der Waals surface area contributed by atoms with Crippen molar-refractivity contribution in [3.05, 3.63) is 58.7 Å². The van der Waals surface area contributed by atoms with Gasteiger partial charge in [0.15, 0.2) is 5.78 Å². The zero-order chi connectivity index (χ0) is 25.4. The summed E-state index contributed by atoms with van der Waals surface area (Å²) in [6.07, 6.45) is 1.83. The quantitative estimate of drug-likeness (QED) is 0.451. The van der Waals surface area contributed by atoms with Crippen molar-refractivity contribution >= 4 is 23.5 Å². The smallest absolute Gasteiger partial charge is 0.261 e. The Morgan fingerprint density at radius 2 is 1.69 bits per heavy atom. The zero-order valence-electron chi connectivity index (χ0n) is 20.4. The van der Waals surface area contributed by atoms with Gasteiger partial charge in [-0.3, -0.25) is 24.1 Å². The van der Waals surface area contributed by atoms with Crippen LogP contribution in [0.4, 0.5) is 0 Å². The van der Waals surface area contributed by atoms with Crippen LogP contribution in [-0.2, 0) is 4.74 Å². The Balaban J connectivity index is 1.27. The largest absolute Gasteiger partial charge is 0.497 e. The summed E-state index contributed by atoms with van der Waals surface area (Å²) in [6, 6.07) is 9.86. The van der Waals surface area contributed by atoms with E-state index in [4.69, 9.17) is 14.2 Å². The number of hydrogen-bond acceptors (Lipinski definition) is 7. The molecule has 5 rings (SSSR count). The van der Waals surface area contributed by atoms with Gasteiger partial charge in [0.1, 0.15) is 17.1 Å². The van der Waals surface area contributed by atoms with Crippen LogP contribution in [0.5, 0.6) is 11.5 Å². The van der Waals surface area contributed by atoms with Crippen molar-refractivity contribution in [2.45, 2.75) is 31.3 Å². The van der Waals surface area contributed by atoms with Crippen molar-refractivity contribution in [3.63, 3.8) is 0 Å². The molecule has 0 atom stereocenters. The molecule has 3 amide bonds. The molecular weight excluding hydrogens is 464 g/mol. The molecule has 0 unspecified atom stereocenters. The Morgan fingerprint density at radius 1 is 0.972 bits per heavy atom. The van der Waals surface area contributed by atoms with Crippen LogP contribution in [0.3, 0.4) is 0 Å². The number of ether oxygens (including phenoxy) is 3. The fourth-order valence-electron chi connectivity index (χ4n) is 5.17. The number of likely N-dealkylation sites (tertiary alicyclic amines) is 1. The highest BCUT2D eigenvalue weighted by atomic mass is 16.5. The van der Waals surface area contributed by atoms with Crippen LogP contribution >= 0.6 is 0 Å². The van der Waals surface area contributed by atoms with Crippen LogP contribution < -0.4 is 9.47 Å². The average molecular weight is 493 g/mol. The molecule has 0 radical (unpaired) electrons. The van der Waals surface area contributed by atoms with E-state index in [9.17, 15) is 19.2 Å². The van der Waals surface area contributed by atoms with E-state index in [2.05, 4.69) is 0 Å². The fourth-order valence-corrected chi connectivity index (χ4v) is 5.17. The van der Waals surface area contributed by atoms with Gasteiger partial charge in [0, 0.05) is 57.8 Å². The lowest BCUT2D eigenvalue weighted by Crippen LogP contribution is -2.52. The maximum absolute atomic E-state index is 13.3. The van der Waals surface area contributed by atoms with E-state index in [0.29, 0.717) is 67.1 Å². The number of fused-ring (bicyclic) bond motifs is 2. The lowest BCUT2D eigenvalue weighted by Gasteiger charge is -2.44. The highest BCUT2D eigenvalue weighted by Crippen LogP contribution is 2.41. The van der Waals surface area contributed by atoms with Gasteiger partial charge in [-0.2, -0.15) is 0 Å². The minimum Gasteiger partial charge on any atom is -0.497 e. The van der Waals surface area contributed by atoms with E-state index in [1.165, 1.54) is 11.0 Å². The monoisotopic (exact) mass is 492 g/mol. The van der Waals surface area contributed by atoms with Gasteiger partial charge < -0.3 is 19.1 Å². The number of carbonyl (C=O) groups is 4. The molecule has 0 bridgehead atoms. The highest BCUT2D eigenvalue weighted by molar-refractivity contribution is 6.22. The van der Waals surface area contributed by atoms with Gasteiger partial charge in [-0.05, 0) is 36.8 Å². The third kappa shape index (κ3) is 4.13. The summed E-state index contributed by atoms with van der Waals surface area (Å²) in [4.78, 5) is 54.4. The zero-order valence-corrected chi connectivity index (χ0v) is 20.4. The number of piperidine rings is 1. The van der Waals surface area contributed by atoms with E-state index in [1.54, 1.807) is 49.5 Å². The summed E-state index contributed by atoms with van der Waals surface area (Å²) >= 11 is 0. The fraction of sp³-hybridized carbons (Fsp3) is 0.407. The minimum atomic E-state index is -0.656. The van der Waals surface area contributed by atoms with Crippen LogP contribution in [0.1, 0.15) is 67.1 Å². The summed E-state index contributed by atoms with van der Waals surface area (Å²) in [5.74, 6) is 0.212. The predicted octanol–water partition coefficient (Wildman–Crippen LogP) is 2.97. The molecule has 0 saturated carbocycles. The van der Waals surface area contributed by atoms with Crippen molar-refractivity contribution in [2.75, 3.05) is 40.5 Å². The van der Waals surface area contributed by atoms with Crippen molar-refractivity contribution in [1.29, 1.82) is 0 Å². The van der Waals surface area contributed by atoms with Gasteiger partial charge in [0.2, 0.25) is 0 Å². The first-order valence-electron chi connectivity index (χ1n) is 12.0. The maximum Gasteiger partial charge on any atom is 0.261 e. The van der Waals surface area contributed by atoms with E-state index in [-0.39, 0.29) is 42.0 Å². The van der Waals surface area contributed by atoms with Gasteiger partial charge in [0.25, 0.3) is 17.7 Å². The van der Waals surface area contributed by atoms with Crippen LogP contribution in [0.25, 0.3) is 0 Å². The Bertz CT molecular complexity index is 1250. The molecular formula is C27H28N2O7. The SMILES string of the molecule is COCCCN1C(=O)c2ccc(C(=O)N3CCC4(CC3)CC(=O)c3ccc(OC)cc3O4)cc2C1=O. The number of Topliss-reactive ketones (excluding diaryl/α,β-unsaturated/α-hetero) is 1. The Labute approximate surface area is 208 Å². The number of amides is 3. The average Bonchev–Trinajstić information content (AvgIpc) is 3.12. The number of benzene rings is 2. The Kier molecular flexibility index (Phi) is 6.26. The van der Waals surface area contributed by atoms with Crippen LogP contribution in [-0.4, -0.2) is 79.4 Å². The molecule has 36 heavy (non-hydrogen) atoms. The molecule has 1 spiro atoms. The number of nitrogens with zero attached hydrogens (tertiary/aromatic N) is 2. The molecule has 9 nitrogen and oxygen atoms in total. The van der Waals surface area contributed by atoms with E-state index in [1.807, 2.05) is 0 Å².